The number of nitrogens with one attached hydrogen (secondary N) is 2. The van der Waals surface area contributed by atoms with Gasteiger partial charge in [0.25, 0.3) is 0 Å². The largest absolute Gasteiger partial charge is 0.342 e. The summed E-state index contributed by atoms with van der Waals surface area (Å²) in [4.78, 5) is 9.19. The number of hydrogen-bond acceptors (Lipinski definition) is 3. The third kappa shape index (κ3) is 5.03. The quantitative estimate of drug-likeness (QED) is 0.415. The lowest BCUT2D eigenvalue weighted by Crippen LogP contribution is -2.27. The summed E-state index contributed by atoms with van der Waals surface area (Å²) in [5.41, 5.74) is 7.48. The number of hydrogen-bond donors (Lipinski definition) is 2. The molecule has 4 heteroatoms. The Kier molecular flexibility index (Phi) is 6.81. The van der Waals surface area contributed by atoms with Gasteiger partial charge in [-0.05, 0) is 49.6 Å². The van der Waals surface area contributed by atoms with E-state index in [1.807, 2.05) is 56.3 Å². The molecular weight excluding hydrogens is 368 g/mol. The Balaban J connectivity index is 1.79. The fraction of sp³-hybridized carbons (Fsp3) is 0.154. The molecule has 0 saturated heterocycles. The molecule has 0 unspecified atom stereocenters. The maximum Gasteiger partial charge on any atom is 0.138 e. The zero-order valence-corrected chi connectivity index (χ0v) is 17.9. The van der Waals surface area contributed by atoms with E-state index in [1.165, 1.54) is 5.56 Å². The minimum atomic E-state index is 0.638. The van der Waals surface area contributed by atoms with Gasteiger partial charge in [0.15, 0.2) is 0 Å². The lowest BCUT2D eigenvalue weighted by atomic mass is 10.0. The van der Waals surface area contributed by atoms with Crippen LogP contribution in [-0.2, 0) is 6.42 Å². The van der Waals surface area contributed by atoms with Crippen LogP contribution in [-0.4, -0.2) is 11.5 Å². The molecule has 152 valence electrons. The van der Waals surface area contributed by atoms with E-state index < -0.39 is 0 Å². The molecule has 3 rings (SSSR count). The number of anilines is 1. The van der Waals surface area contributed by atoms with Gasteiger partial charge in [-0.3, -0.25) is 4.99 Å². The highest BCUT2D eigenvalue weighted by molar-refractivity contribution is 6.23. The van der Waals surface area contributed by atoms with Crippen LogP contribution in [0.5, 0.6) is 0 Å². The summed E-state index contributed by atoms with van der Waals surface area (Å²) in [6, 6.07) is 14.4. The number of fused-ring (bicyclic) bond motifs is 1. The molecule has 4 nitrogen and oxygen atoms in total. The molecular formula is C26H28N4. The summed E-state index contributed by atoms with van der Waals surface area (Å²) in [6.07, 6.45) is 8.46. The summed E-state index contributed by atoms with van der Waals surface area (Å²) >= 11 is 0. The second kappa shape index (κ2) is 9.70. The second-order valence-corrected chi connectivity index (χ2v) is 7.08. The van der Waals surface area contributed by atoms with Gasteiger partial charge >= 0.3 is 0 Å². The molecule has 0 saturated carbocycles. The van der Waals surface area contributed by atoms with Gasteiger partial charge in [-0.2, -0.15) is 0 Å². The van der Waals surface area contributed by atoms with Crippen molar-refractivity contribution < 1.29 is 0 Å². The fourth-order valence-corrected chi connectivity index (χ4v) is 3.32. The Bertz CT molecular complexity index is 1070. The van der Waals surface area contributed by atoms with Crippen molar-refractivity contribution in [3.8, 4) is 0 Å². The van der Waals surface area contributed by atoms with Crippen LogP contribution in [0.4, 0.5) is 11.4 Å². The summed E-state index contributed by atoms with van der Waals surface area (Å²) in [5, 5.41) is 6.65. The number of nitrogens with zero attached hydrogens (tertiary/aromatic N) is 2. The molecule has 1 aliphatic rings. The number of allylic oxidation sites excluding steroid dienone is 2. The van der Waals surface area contributed by atoms with Gasteiger partial charge in [0.2, 0.25) is 0 Å². The first-order chi connectivity index (χ1) is 14.5. The zero-order valence-electron chi connectivity index (χ0n) is 17.9. The van der Waals surface area contributed by atoms with Gasteiger partial charge in [0.1, 0.15) is 11.7 Å². The highest BCUT2D eigenvalue weighted by atomic mass is 15.1. The zero-order chi connectivity index (χ0) is 21.5. The van der Waals surface area contributed by atoms with Crippen LogP contribution in [0, 0.1) is 0 Å². The highest BCUT2D eigenvalue weighted by Gasteiger charge is 2.13. The molecule has 1 aliphatic heterocycles. The average molecular weight is 397 g/mol. The normalized spacial score (nSPS) is 13.8. The van der Waals surface area contributed by atoms with E-state index in [0.29, 0.717) is 5.82 Å². The van der Waals surface area contributed by atoms with E-state index in [-0.39, 0.29) is 0 Å². The van der Waals surface area contributed by atoms with E-state index in [4.69, 9.17) is 0 Å². The molecule has 0 aliphatic carbocycles. The third-order valence-electron chi connectivity index (χ3n) is 4.76. The Morgan fingerprint density at radius 1 is 1.13 bits per heavy atom. The second-order valence-electron chi connectivity index (χ2n) is 7.08. The van der Waals surface area contributed by atoms with Gasteiger partial charge < -0.3 is 10.6 Å². The number of aliphatic imine (C=N–C) groups is 2. The molecule has 0 amide bonds. The summed E-state index contributed by atoms with van der Waals surface area (Å²) in [5.74, 6) is 1.36. The number of benzene rings is 2. The topological polar surface area (TPSA) is 48.8 Å². The maximum absolute atomic E-state index is 4.60. The van der Waals surface area contributed by atoms with E-state index in [0.717, 1.165) is 46.0 Å². The SMILES string of the molecule is C=Cc1ccc(C(=C\C)/C(=N\C=C/C)NC(=C)Nc2ccc3c(c2)N=C(C)C3)cc1. The molecule has 2 aromatic rings. The standard InChI is InChI=1S/C26H28N4/c1-6-15-27-26(24(8-3)21-11-9-20(7-2)10-12-21)30-19(5)29-23-14-13-22-16-18(4)28-25(22)17-23/h6-15,17,29H,2,5,16H2,1,3-4H3,(H,27,30)/b15-6-,24-8+. The van der Waals surface area contributed by atoms with Crippen LogP contribution in [0.15, 0.2) is 89.8 Å². The van der Waals surface area contributed by atoms with E-state index in [9.17, 15) is 0 Å². The molecule has 0 bridgehead atoms. The number of rotatable bonds is 7. The molecule has 2 N–H and O–H groups in total. The van der Waals surface area contributed by atoms with Crippen molar-refractivity contribution in [2.75, 3.05) is 5.32 Å². The molecule has 30 heavy (non-hydrogen) atoms. The number of amidine groups is 1. The van der Waals surface area contributed by atoms with Crippen LogP contribution in [0.1, 0.15) is 37.5 Å². The van der Waals surface area contributed by atoms with Crippen molar-refractivity contribution in [2.45, 2.75) is 27.2 Å². The molecule has 0 atom stereocenters. The lowest BCUT2D eigenvalue weighted by molar-refractivity contribution is 1.13. The molecule has 2 aromatic carbocycles. The maximum atomic E-state index is 4.60. The first kappa shape index (κ1) is 21.1. The van der Waals surface area contributed by atoms with Crippen molar-refractivity contribution >= 4 is 34.6 Å². The molecule has 0 fully saturated rings. The van der Waals surface area contributed by atoms with Crippen molar-refractivity contribution in [1.82, 2.24) is 5.32 Å². The smallest absolute Gasteiger partial charge is 0.138 e. The Morgan fingerprint density at radius 2 is 1.90 bits per heavy atom. The third-order valence-corrected chi connectivity index (χ3v) is 4.76. The van der Waals surface area contributed by atoms with Gasteiger partial charge in [0, 0.05) is 29.6 Å². The average Bonchev–Trinajstić information content (AvgIpc) is 3.12. The lowest BCUT2D eigenvalue weighted by Gasteiger charge is -2.17. The van der Waals surface area contributed by atoms with E-state index in [1.54, 1.807) is 6.20 Å². The summed E-state index contributed by atoms with van der Waals surface area (Å²) < 4.78 is 0. The van der Waals surface area contributed by atoms with Crippen LogP contribution in [0.3, 0.4) is 0 Å². The van der Waals surface area contributed by atoms with Gasteiger partial charge in [-0.1, -0.05) is 61.7 Å². The molecule has 0 aromatic heterocycles. The van der Waals surface area contributed by atoms with Crippen LogP contribution >= 0.6 is 0 Å². The van der Waals surface area contributed by atoms with Crippen molar-refractivity contribution in [1.29, 1.82) is 0 Å². The Morgan fingerprint density at radius 3 is 2.57 bits per heavy atom. The first-order valence-corrected chi connectivity index (χ1v) is 10.0. The molecule has 1 heterocycles. The van der Waals surface area contributed by atoms with Gasteiger partial charge in [-0.15, -0.1) is 0 Å². The minimum Gasteiger partial charge on any atom is -0.342 e. The monoisotopic (exact) mass is 396 g/mol. The summed E-state index contributed by atoms with van der Waals surface area (Å²) in [7, 11) is 0. The van der Waals surface area contributed by atoms with Crippen molar-refractivity contribution in [2.24, 2.45) is 9.98 Å². The predicted octanol–water partition coefficient (Wildman–Crippen LogP) is 6.49. The van der Waals surface area contributed by atoms with Crippen molar-refractivity contribution in [3.05, 3.63) is 96.5 Å². The van der Waals surface area contributed by atoms with Crippen LogP contribution < -0.4 is 10.6 Å². The Hall–Kier alpha value is -3.66. The molecule has 0 spiro atoms. The van der Waals surface area contributed by atoms with E-state index >= 15 is 0 Å². The van der Waals surface area contributed by atoms with Gasteiger partial charge in [-0.25, -0.2) is 4.99 Å². The minimum absolute atomic E-state index is 0.638. The first-order valence-electron chi connectivity index (χ1n) is 10.0. The van der Waals surface area contributed by atoms with E-state index in [2.05, 4.69) is 58.9 Å². The summed E-state index contributed by atoms with van der Waals surface area (Å²) in [6.45, 7) is 14.0. The fourth-order valence-electron chi connectivity index (χ4n) is 3.32. The van der Waals surface area contributed by atoms with Gasteiger partial charge in [0.05, 0.1) is 5.69 Å². The predicted molar refractivity (Wildman–Crippen MR) is 131 cm³/mol. The molecule has 0 radical (unpaired) electrons. The Labute approximate surface area is 179 Å². The van der Waals surface area contributed by atoms with Crippen LogP contribution in [0.2, 0.25) is 0 Å². The van der Waals surface area contributed by atoms with Crippen LogP contribution in [0.25, 0.3) is 11.6 Å². The van der Waals surface area contributed by atoms with Crippen molar-refractivity contribution in [3.63, 3.8) is 0 Å². The highest BCUT2D eigenvalue weighted by Crippen LogP contribution is 2.30.